The number of nitrogens with one attached hydrogen (secondary N) is 2. The first kappa shape index (κ1) is 17.0. The smallest absolute Gasteiger partial charge is 0.261 e. The van der Waals surface area contributed by atoms with Crippen LogP contribution in [0.1, 0.15) is 27.4 Å². The van der Waals surface area contributed by atoms with Gasteiger partial charge in [0, 0.05) is 24.0 Å². The molecule has 0 saturated carbocycles. The Balaban J connectivity index is 1.40. The van der Waals surface area contributed by atoms with Crippen LogP contribution in [0.15, 0.2) is 17.6 Å². The Labute approximate surface area is 148 Å². The third-order valence-corrected chi connectivity index (χ3v) is 5.47. The van der Waals surface area contributed by atoms with Gasteiger partial charge in [-0.3, -0.25) is 19.8 Å². The fourth-order valence-electron chi connectivity index (χ4n) is 2.64. The van der Waals surface area contributed by atoms with Gasteiger partial charge in [-0.1, -0.05) is 11.3 Å². The summed E-state index contributed by atoms with van der Waals surface area (Å²) in [6, 6.07) is 3.99. The third kappa shape index (κ3) is 4.59. The lowest BCUT2D eigenvalue weighted by Gasteiger charge is -2.31. The van der Waals surface area contributed by atoms with E-state index in [1.54, 1.807) is 5.51 Å². The van der Waals surface area contributed by atoms with Crippen molar-refractivity contribution in [3.8, 4) is 0 Å². The topological polar surface area (TPSA) is 87.2 Å². The van der Waals surface area contributed by atoms with Gasteiger partial charge < -0.3 is 5.32 Å². The zero-order chi connectivity index (χ0) is 16.9. The molecule has 2 aromatic heterocycles. The molecule has 2 amide bonds. The Morgan fingerprint density at radius 3 is 2.75 bits per heavy atom. The highest BCUT2D eigenvalue weighted by Gasteiger charge is 2.23. The number of likely N-dealkylation sites (tertiary alicyclic amines) is 1. The Morgan fingerprint density at radius 1 is 1.33 bits per heavy atom. The molecule has 1 saturated heterocycles. The highest BCUT2D eigenvalue weighted by atomic mass is 32.1. The molecule has 3 heterocycles. The minimum absolute atomic E-state index is 0.000521. The number of anilines is 1. The normalized spacial score (nSPS) is 16.0. The van der Waals surface area contributed by atoms with Crippen molar-refractivity contribution in [3.05, 3.63) is 27.4 Å². The Kier molecular flexibility index (Phi) is 5.54. The minimum atomic E-state index is -0.0803. The highest BCUT2D eigenvalue weighted by molar-refractivity contribution is 7.14. The maximum atomic E-state index is 12.2. The highest BCUT2D eigenvalue weighted by Crippen LogP contribution is 2.17. The molecule has 128 valence electrons. The van der Waals surface area contributed by atoms with Crippen molar-refractivity contribution < 1.29 is 9.59 Å². The lowest BCUT2D eigenvalue weighted by molar-refractivity contribution is -0.117. The number of carbonyl (C=O) groups excluding carboxylic acids is 2. The van der Waals surface area contributed by atoms with Crippen LogP contribution in [0.5, 0.6) is 0 Å². The molecule has 24 heavy (non-hydrogen) atoms. The van der Waals surface area contributed by atoms with Crippen LogP contribution in [0.25, 0.3) is 0 Å². The standard InChI is InChI=1S/C15H19N5O2S2/c1-10-2-3-12(24-10)14(22)17-11-4-6-20(7-5-11)8-13(21)18-15-19-16-9-23-15/h2-3,9,11H,4-8H2,1H3,(H,17,22)(H,18,19,21). The van der Waals surface area contributed by atoms with Crippen molar-refractivity contribution in [1.82, 2.24) is 20.4 Å². The number of hydrogen-bond donors (Lipinski definition) is 2. The molecule has 9 heteroatoms. The quantitative estimate of drug-likeness (QED) is 0.843. The van der Waals surface area contributed by atoms with Gasteiger partial charge in [0.1, 0.15) is 5.51 Å². The van der Waals surface area contributed by atoms with Crippen molar-refractivity contribution in [2.45, 2.75) is 25.8 Å². The number of amides is 2. The molecule has 0 radical (unpaired) electrons. The molecule has 0 unspecified atom stereocenters. The predicted molar refractivity (Wildman–Crippen MR) is 94.5 cm³/mol. The van der Waals surface area contributed by atoms with Crippen molar-refractivity contribution >= 4 is 39.6 Å². The van der Waals surface area contributed by atoms with Gasteiger partial charge in [-0.25, -0.2) is 0 Å². The van der Waals surface area contributed by atoms with Crippen LogP contribution >= 0.6 is 22.7 Å². The summed E-state index contributed by atoms with van der Waals surface area (Å²) in [5.74, 6) is -0.0798. The Hall–Kier alpha value is -1.84. The van der Waals surface area contributed by atoms with E-state index in [0.717, 1.165) is 35.7 Å². The molecule has 2 N–H and O–H groups in total. The molecule has 1 fully saturated rings. The number of rotatable bonds is 5. The number of piperidine rings is 1. The summed E-state index contributed by atoms with van der Waals surface area (Å²) in [4.78, 5) is 28.1. The lowest BCUT2D eigenvalue weighted by Crippen LogP contribution is -2.46. The molecule has 3 rings (SSSR count). The van der Waals surface area contributed by atoms with Gasteiger partial charge in [0.15, 0.2) is 0 Å². The summed E-state index contributed by atoms with van der Waals surface area (Å²) in [5, 5.41) is 13.8. The number of aryl methyl sites for hydroxylation is 1. The lowest BCUT2D eigenvalue weighted by atomic mass is 10.0. The fraction of sp³-hybridized carbons (Fsp3) is 0.467. The second-order valence-corrected chi connectivity index (χ2v) is 7.85. The monoisotopic (exact) mass is 365 g/mol. The van der Waals surface area contributed by atoms with E-state index in [1.165, 1.54) is 22.7 Å². The molecular formula is C15H19N5O2S2. The van der Waals surface area contributed by atoms with E-state index in [0.29, 0.717) is 11.7 Å². The largest absolute Gasteiger partial charge is 0.349 e. The zero-order valence-electron chi connectivity index (χ0n) is 13.3. The van der Waals surface area contributed by atoms with Crippen LogP contribution in [-0.2, 0) is 4.79 Å². The average molecular weight is 365 g/mol. The van der Waals surface area contributed by atoms with E-state index >= 15 is 0 Å². The van der Waals surface area contributed by atoms with Gasteiger partial charge in [-0.05, 0) is 31.9 Å². The SMILES string of the molecule is Cc1ccc(C(=O)NC2CCN(CC(=O)Nc3nncs3)CC2)s1. The molecular weight excluding hydrogens is 346 g/mol. The number of aromatic nitrogens is 2. The van der Waals surface area contributed by atoms with Gasteiger partial charge in [-0.15, -0.1) is 21.5 Å². The van der Waals surface area contributed by atoms with E-state index in [2.05, 4.69) is 25.7 Å². The van der Waals surface area contributed by atoms with Crippen LogP contribution in [0.3, 0.4) is 0 Å². The van der Waals surface area contributed by atoms with Gasteiger partial charge in [-0.2, -0.15) is 0 Å². The van der Waals surface area contributed by atoms with E-state index in [-0.39, 0.29) is 17.9 Å². The summed E-state index contributed by atoms with van der Waals surface area (Å²) in [6.07, 6.45) is 1.70. The van der Waals surface area contributed by atoms with Crippen molar-refractivity contribution in [1.29, 1.82) is 0 Å². The molecule has 0 atom stereocenters. The van der Waals surface area contributed by atoms with Crippen LogP contribution in [0.2, 0.25) is 0 Å². The third-order valence-electron chi connectivity index (χ3n) is 3.86. The van der Waals surface area contributed by atoms with E-state index in [1.807, 2.05) is 19.1 Å². The molecule has 0 aromatic carbocycles. The van der Waals surface area contributed by atoms with Gasteiger partial charge in [0.2, 0.25) is 11.0 Å². The molecule has 0 bridgehead atoms. The second kappa shape index (κ2) is 7.82. The Morgan fingerprint density at radius 2 is 2.12 bits per heavy atom. The summed E-state index contributed by atoms with van der Waals surface area (Å²) in [6.45, 7) is 3.91. The second-order valence-electron chi connectivity index (χ2n) is 5.73. The van der Waals surface area contributed by atoms with Crippen molar-refractivity contribution in [2.75, 3.05) is 25.0 Å². The maximum absolute atomic E-state index is 12.2. The Bertz CT molecular complexity index is 693. The van der Waals surface area contributed by atoms with E-state index < -0.39 is 0 Å². The molecule has 1 aliphatic rings. The van der Waals surface area contributed by atoms with E-state index in [9.17, 15) is 9.59 Å². The van der Waals surface area contributed by atoms with Crippen molar-refractivity contribution in [2.24, 2.45) is 0 Å². The summed E-state index contributed by atoms with van der Waals surface area (Å²) < 4.78 is 0. The van der Waals surface area contributed by atoms with Crippen LogP contribution in [-0.4, -0.2) is 52.6 Å². The molecule has 7 nitrogen and oxygen atoms in total. The first-order chi connectivity index (χ1) is 11.6. The number of thiophene rings is 1. The minimum Gasteiger partial charge on any atom is -0.349 e. The van der Waals surface area contributed by atoms with Crippen LogP contribution in [0, 0.1) is 6.92 Å². The average Bonchev–Trinajstić information content (AvgIpc) is 3.21. The molecule has 1 aliphatic heterocycles. The summed E-state index contributed by atoms with van der Waals surface area (Å²) in [5.41, 5.74) is 1.58. The van der Waals surface area contributed by atoms with Gasteiger partial charge >= 0.3 is 0 Å². The zero-order valence-corrected chi connectivity index (χ0v) is 15.0. The summed E-state index contributed by atoms with van der Waals surface area (Å²) >= 11 is 2.81. The number of hydrogen-bond acceptors (Lipinski definition) is 7. The molecule has 0 spiro atoms. The summed E-state index contributed by atoms with van der Waals surface area (Å²) in [7, 11) is 0. The van der Waals surface area contributed by atoms with E-state index in [4.69, 9.17) is 0 Å². The number of nitrogens with zero attached hydrogens (tertiary/aromatic N) is 3. The fourth-order valence-corrected chi connectivity index (χ4v) is 3.87. The van der Waals surface area contributed by atoms with Crippen LogP contribution < -0.4 is 10.6 Å². The molecule has 0 aliphatic carbocycles. The maximum Gasteiger partial charge on any atom is 0.261 e. The number of carbonyl (C=O) groups is 2. The first-order valence-corrected chi connectivity index (χ1v) is 9.45. The van der Waals surface area contributed by atoms with Gasteiger partial charge in [0.05, 0.1) is 11.4 Å². The molecule has 2 aromatic rings. The van der Waals surface area contributed by atoms with Crippen molar-refractivity contribution in [3.63, 3.8) is 0 Å². The first-order valence-electron chi connectivity index (χ1n) is 7.76. The van der Waals surface area contributed by atoms with Gasteiger partial charge in [0.25, 0.3) is 5.91 Å². The predicted octanol–water partition coefficient (Wildman–Crippen LogP) is 1.74. The van der Waals surface area contributed by atoms with Crippen LogP contribution in [0.4, 0.5) is 5.13 Å².